The van der Waals surface area contributed by atoms with Crippen molar-refractivity contribution in [2.75, 3.05) is 11.9 Å². The average molecular weight is 315 g/mol. The summed E-state index contributed by atoms with van der Waals surface area (Å²) >= 11 is 1.61. The lowest BCUT2D eigenvalue weighted by molar-refractivity contribution is 0.247. The summed E-state index contributed by atoms with van der Waals surface area (Å²) in [6.45, 7) is 0.781. The molecule has 1 saturated carbocycles. The lowest BCUT2D eigenvalue weighted by Gasteiger charge is -2.21. The second-order valence-electron chi connectivity index (χ2n) is 5.75. The molecule has 0 saturated heterocycles. The minimum absolute atomic E-state index is 0.118. The van der Waals surface area contributed by atoms with E-state index in [1.165, 1.54) is 32.1 Å². The van der Waals surface area contributed by atoms with Gasteiger partial charge in [-0.05, 0) is 43.0 Å². The highest BCUT2D eigenvalue weighted by atomic mass is 32.1. The van der Waals surface area contributed by atoms with E-state index in [4.69, 9.17) is 0 Å². The molecule has 2 N–H and O–H groups in total. The molecule has 2 aromatic rings. The van der Waals surface area contributed by atoms with Crippen LogP contribution in [0.25, 0.3) is 10.6 Å². The Balaban J connectivity index is 1.48. The Morgan fingerprint density at radius 1 is 1.18 bits per heavy atom. The van der Waals surface area contributed by atoms with Gasteiger partial charge >= 0.3 is 6.03 Å². The first-order valence-corrected chi connectivity index (χ1v) is 8.74. The molecular formula is C17H21N3OS. The number of anilines is 1. The van der Waals surface area contributed by atoms with Gasteiger partial charge in [0, 0.05) is 29.4 Å². The molecule has 2 amide bonds. The fourth-order valence-corrected chi connectivity index (χ4v) is 3.51. The van der Waals surface area contributed by atoms with E-state index in [9.17, 15) is 4.79 Å². The standard InChI is InChI=1S/C17H21N3OS/c21-17(19-12-13-4-2-1-3-5-13)20-15-8-6-14(7-9-15)16-18-10-11-22-16/h6-11,13H,1-5,12H2,(H2,19,20,21). The highest BCUT2D eigenvalue weighted by Crippen LogP contribution is 2.24. The quantitative estimate of drug-likeness (QED) is 0.872. The first-order valence-electron chi connectivity index (χ1n) is 7.86. The fourth-order valence-electron chi connectivity index (χ4n) is 2.87. The van der Waals surface area contributed by atoms with Gasteiger partial charge in [0.15, 0.2) is 0 Å². The summed E-state index contributed by atoms with van der Waals surface area (Å²) in [6, 6.07) is 7.67. The van der Waals surface area contributed by atoms with Crippen molar-refractivity contribution >= 4 is 23.1 Å². The van der Waals surface area contributed by atoms with Crippen molar-refractivity contribution in [2.24, 2.45) is 5.92 Å². The zero-order valence-corrected chi connectivity index (χ0v) is 13.4. The van der Waals surface area contributed by atoms with Gasteiger partial charge in [0.25, 0.3) is 0 Å². The number of nitrogens with zero attached hydrogens (tertiary/aromatic N) is 1. The van der Waals surface area contributed by atoms with E-state index in [1.54, 1.807) is 17.5 Å². The maximum Gasteiger partial charge on any atom is 0.319 e. The molecule has 0 radical (unpaired) electrons. The summed E-state index contributed by atoms with van der Waals surface area (Å²) in [6.07, 6.45) is 8.21. The maximum absolute atomic E-state index is 11.9. The minimum Gasteiger partial charge on any atom is -0.338 e. The lowest BCUT2D eigenvalue weighted by atomic mass is 9.89. The average Bonchev–Trinajstić information content (AvgIpc) is 3.09. The van der Waals surface area contributed by atoms with Gasteiger partial charge < -0.3 is 10.6 Å². The van der Waals surface area contributed by atoms with Crippen LogP contribution in [0.3, 0.4) is 0 Å². The van der Waals surface area contributed by atoms with E-state index in [0.29, 0.717) is 5.92 Å². The fraction of sp³-hybridized carbons (Fsp3) is 0.412. The van der Waals surface area contributed by atoms with E-state index in [1.807, 2.05) is 29.6 Å². The number of benzene rings is 1. The maximum atomic E-state index is 11.9. The summed E-state index contributed by atoms with van der Waals surface area (Å²) < 4.78 is 0. The number of amides is 2. The third-order valence-electron chi connectivity index (χ3n) is 4.10. The number of carbonyl (C=O) groups is 1. The lowest BCUT2D eigenvalue weighted by Crippen LogP contribution is -2.33. The van der Waals surface area contributed by atoms with Crippen LogP contribution in [-0.2, 0) is 0 Å². The number of hydrogen-bond donors (Lipinski definition) is 2. The Morgan fingerprint density at radius 2 is 1.95 bits per heavy atom. The van der Waals surface area contributed by atoms with Gasteiger partial charge in [0.05, 0.1) is 0 Å². The molecule has 1 fully saturated rings. The summed E-state index contributed by atoms with van der Waals surface area (Å²) in [5.41, 5.74) is 1.88. The van der Waals surface area contributed by atoms with Crippen molar-refractivity contribution in [1.82, 2.24) is 10.3 Å². The molecule has 1 aliphatic carbocycles. The van der Waals surface area contributed by atoms with Gasteiger partial charge in [-0.1, -0.05) is 19.3 Å². The van der Waals surface area contributed by atoms with Crippen LogP contribution in [0.15, 0.2) is 35.8 Å². The molecule has 116 valence electrons. The Bertz CT molecular complexity index is 589. The molecule has 0 unspecified atom stereocenters. The second kappa shape index (κ2) is 7.40. The summed E-state index contributed by atoms with van der Waals surface area (Å²) in [4.78, 5) is 16.2. The Hall–Kier alpha value is -1.88. The number of nitrogens with one attached hydrogen (secondary N) is 2. The summed E-state index contributed by atoms with van der Waals surface area (Å²) in [5.74, 6) is 0.645. The highest BCUT2D eigenvalue weighted by Gasteiger charge is 2.14. The third-order valence-corrected chi connectivity index (χ3v) is 4.92. The number of aromatic nitrogens is 1. The number of urea groups is 1. The number of rotatable bonds is 4. The van der Waals surface area contributed by atoms with Crippen molar-refractivity contribution in [1.29, 1.82) is 0 Å². The van der Waals surface area contributed by atoms with Crippen LogP contribution >= 0.6 is 11.3 Å². The number of carbonyl (C=O) groups excluding carboxylic acids is 1. The summed E-state index contributed by atoms with van der Waals surface area (Å²) in [7, 11) is 0. The van der Waals surface area contributed by atoms with Crippen molar-refractivity contribution < 1.29 is 4.79 Å². The van der Waals surface area contributed by atoms with Crippen molar-refractivity contribution in [3.8, 4) is 10.6 Å². The zero-order chi connectivity index (χ0) is 15.2. The van der Waals surface area contributed by atoms with E-state index < -0.39 is 0 Å². The molecule has 1 aromatic carbocycles. The van der Waals surface area contributed by atoms with Gasteiger partial charge in [-0.3, -0.25) is 0 Å². The predicted molar refractivity (Wildman–Crippen MR) is 91.1 cm³/mol. The van der Waals surface area contributed by atoms with Crippen LogP contribution in [-0.4, -0.2) is 17.6 Å². The van der Waals surface area contributed by atoms with Crippen LogP contribution in [0.2, 0.25) is 0 Å². The zero-order valence-electron chi connectivity index (χ0n) is 12.5. The second-order valence-corrected chi connectivity index (χ2v) is 6.65. The molecule has 3 rings (SSSR count). The minimum atomic E-state index is -0.118. The molecule has 0 aliphatic heterocycles. The van der Waals surface area contributed by atoms with Gasteiger partial charge in [-0.2, -0.15) is 0 Å². The molecule has 1 aliphatic rings. The molecule has 1 aromatic heterocycles. The smallest absolute Gasteiger partial charge is 0.319 e. The predicted octanol–water partition coefficient (Wildman–Crippen LogP) is 4.51. The molecule has 0 atom stereocenters. The molecule has 4 nitrogen and oxygen atoms in total. The van der Waals surface area contributed by atoms with Gasteiger partial charge in [-0.15, -0.1) is 11.3 Å². The van der Waals surface area contributed by atoms with E-state index in [-0.39, 0.29) is 6.03 Å². The topological polar surface area (TPSA) is 54.0 Å². The summed E-state index contributed by atoms with van der Waals surface area (Å²) in [5, 5.41) is 8.82. The number of hydrogen-bond acceptors (Lipinski definition) is 3. The normalized spacial score (nSPS) is 15.5. The van der Waals surface area contributed by atoms with Crippen molar-refractivity contribution in [3.05, 3.63) is 35.8 Å². The Morgan fingerprint density at radius 3 is 2.64 bits per heavy atom. The number of thiazole rings is 1. The Kier molecular flexibility index (Phi) is 5.06. The van der Waals surface area contributed by atoms with Crippen LogP contribution in [0.4, 0.5) is 10.5 Å². The first kappa shape index (κ1) is 15.0. The highest BCUT2D eigenvalue weighted by molar-refractivity contribution is 7.13. The van der Waals surface area contributed by atoms with Gasteiger partial charge in [-0.25, -0.2) is 9.78 Å². The van der Waals surface area contributed by atoms with E-state index >= 15 is 0 Å². The van der Waals surface area contributed by atoms with Crippen LogP contribution < -0.4 is 10.6 Å². The molecule has 22 heavy (non-hydrogen) atoms. The third kappa shape index (κ3) is 4.07. The first-order chi connectivity index (χ1) is 10.8. The van der Waals surface area contributed by atoms with Gasteiger partial charge in [0.1, 0.15) is 5.01 Å². The molecular weight excluding hydrogens is 294 g/mol. The van der Waals surface area contributed by atoms with Crippen LogP contribution in [0, 0.1) is 5.92 Å². The van der Waals surface area contributed by atoms with E-state index in [2.05, 4.69) is 15.6 Å². The van der Waals surface area contributed by atoms with Crippen molar-refractivity contribution in [2.45, 2.75) is 32.1 Å². The SMILES string of the molecule is O=C(NCC1CCCCC1)Nc1ccc(-c2nccs2)cc1. The van der Waals surface area contributed by atoms with Crippen LogP contribution in [0.5, 0.6) is 0 Å². The molecule has 5 heteroatoms. The monoisotopic (exact) mass is 315 g/mol. The Labute approximate surface area is 135 Å². The molecule has 0 spiro atoms. The largest absolute Gasteiger partial charge is 0.338 e. The molecule has 1 heterocycles. The van der Waals surface area contributed by atoms with Crippen molar-refractivity contribution in [3.63, 3.8) is 0 Å². The van der Waals surface area contributed by atoms with E-state index in [0.717, 1.165) is 22.8 Å². The molecule has 0 bridgehead atoms. The van der Waals surface area contributed by atoms with Gasteiger partial charge in [0.2, 0.25) is 0 Å². The van der Waals surface area contributed by atoms with Crippen LogP contribution in [0.1, 0.15) is 32.1 Å².